The maximum atomic E-state index is 9.80. The molecule has 3 rings (SSSR count). The molecule has 0 bridgehead atoms. The number of hydrogen-bond acceptors (Lipinski definition) is 4. The maximum absolute atomic E-state index is 9.80. The zero-order valence-corrected chi connectivity index (χ0v) is 18.5. The number of pyridine rings is 1. The zero-order valence-electron chi connectivity index (χ0n) is 18.5. The number of nitrogens with two attached hydrogens (primary N) is 1. The number of nitriles is 1. The fourth-order valence-corrected chi connectivity index (χ4v) is 3.88. The van der Waals surface area contributed by atoms with E-state index in [4.69, 9.17) is 10.5 Å². The molecule has 160 valence electrons. The van der Waals surface area contributed by atoms with Crippen molar-refractivity contribution in [3.8, 4) is 34.1 Å². The number of aromatic nitrogens is 1. The van der Waals surface area contributed by atoms with Gasteiger partial charge in [-0.1, -0.05) is 81.5 Å². The summed E-state index contributed by atoms with van der Waals surface area (Å²) >= 11 is 0. The highest BCUT2D eigenvalue weighted by atomic mass is 16.5. The number of anilines is 1. The van der Waals surface area contributed by atoms with E-state index in [2.05, 4.69) is 18.0 Å². The Morgan fingerprint density at radius 2 is 1.52 bits per heavy atom. The van der Waals surface area contributed by atoms with Crippen molar-refractivity contribution in [1.29, 1.82) is 5.26 Å². The molecule has 2 aromatic carbocycles. The minimum absolute atomic E-state index is 0.262. The molecule has 1 heterocycles. The predicted molar refractivity (Wildman–Crippen MR) is 128 cm³/mol. The van der Waals surface area contributed by atoms with Crippen molar-refractivity contribution in [2.24, 2.45) is 0 Å². The summed E-state index contributed by atoms with van der Waals surface area (Å²) in [5.74, 6) is 1.11. The van der Waals surface area contributed by atoms with Gasteiger partial charge >= 0.3 is 0 Å². The molecule has 0 aliphatic carbocycles. The van der Waals surface area contributed by atoms with Crippen molar-refractivity contribution in [2.45, 2.75) is 52.4 Å². The Morgan fingerprint density at radius 3 is 2.19 bits per heavy atom. The summed E-state index contributed by atoms with van der Waals surface area (Å²) in [7, 11) is 0. The maximum Gasteiger partial charge on any atom is 0.142 e. The van der Waals surface area contributed by atoms with Gasteiger partial charge in [0.2, 0.25) is 0 Å². The second kappa shape index (κ2) is 11.2. The second-order valence-electron chi connectivity index (χ2n) is 7.83. The first-order chi connectivity index (χ1) is 15.2. The predicted octanol–water partition coefficient (Wildman–Crippen LogP) is 6.92. The fourth-order valence-electron chi connectivity index (χ4n) is 3.88. The van der Waals surface area contributed by atoms with E-state index in [0.717, 1.165) is 46.7 Å². The number of nitrogen functional groups attached to an aromatic ring is 1. The molecule has 0 saturated carbocycles. The van der Waals surface area contributed by atoms with Crippen LogP contribution in [0.3, 0.4) is 0 Å². The quantitative estimate of drug-likeness (QED) is 0.366. The van der Waals surface area contributed by atoms with Crippen LogP contribution in [-0.4, -0.2) is 11.6 Å². The van der Waals surface area contributed by atoms with Gasteiger partial charge in [0.25, 0.3) is 0 Å². The van der Waals surface area contributed by atoms with Gasteiger partial charge in [0.05, 0.1) is 6.61 Å². The monoisotopic (exact) mass is 413 g/mol. The Balaban J connectivity index is 1.82. The average Bonchev–Trinajstić information content (AvgIpc) is 2.79. The number of nitrogens with zero attached hydrogens (tertiary/aromatic N) is 2. The molecule has 0 radical (unpaired) electrons. The lowest BCUT2D eigenvalue weighted by Crippen LogP contribution is -2.03. The first-order valence-electron chi connectivity index (χ1n) is 11.1. The number of benzene rings is 2. The third-order valence-corrected chi connectivity index (χ3v) is 5.49. The van der Waals surface area contributed by atoms with Gasteiger partial charge < -0.3 is 10.5 Å². The number of aryl methyl sites for hydroxylation is 1. The van der Waals surface area contributed by atoms with Crippen LogP contribution < -0.4 is 10.5 Å². The van der Waals surface area contributed by atoms with E-state index < -0.39 is 0 Å². The first kappa shape index (κ1) is 22.4. The van der Waals surface area contributed by atoms with E-state index in [1.165, 1.54) is 32.1 Å². The van der Waals surface area contributed by atoms with Crippen molar-refractivity contribution >= 4 is 5.82 Å². The molecule has 31 heavy (non-hydrogen) atoms. The van der Waals surface area contributed by atoms with E-state index in [1.54, 1.807) is 0 Å². The van der Waals surface area contributed by atoms with Gasteiger partial charge in [-0.3, -0.25) is 0 Å². The van der Waals surface area contributed by atoms with E-state index in [0.29, 0.717) is 5.56 Å². The molecule has 0 aliphatic heterocycles. The molecule has 4 nitrogen and oxygen atoms in total. The van der Waals surface area contributed by atoms with Crippen LogP contribution in [0.1, 0.15) is 56.7 Å². The summed E-state index contributed by atoms with van der Waals surface area (Å²) in [6, 6.07) is 20.2. The van der Waals surface area contributed by atoms with Crippen LogP contribution >= 0.6 is 0 Å². The number of rotatable bonds is 10. The topological polar surface area (TPSA) is 71.9 Å². The highest BCUT2D eigenvalue weighted by Gasteiger charge is 2.19. The summed E-state index contributed by atoms with van der Waals surface area (Å²) in [4.78, 5) is 4.43. The molecule has 0 spiro atoms. The van der Waals surface area contributed by atoms with Gasteiger partial charge in [0.15, 0.2) is 0 Å². The normalized spacial score (nSPS) is 10.6. The average molecular weight is 414 g/mol. The van der Waals surface area contributed by atoms with E-state index in [1.807, 2.05) is 61.5 Å². The summed E-state index contributed by atoms with van der Waals surface area (Å²) in [6.07, 6.45) is 7.45. The largest absolute Gasteiger partial charge is 0.494 e. The van der Waals surface area contributed by atoms with Crippen molar-refractivity contribution in [3.05, 3.63) is 65.9 Å². The van der Waals surface area contributed by atoms with E-state index in [9.17, 15) is 5.26 Å². The third-order valence-electron chi connectivity index (χ3n) is 5.49. The van der Waals surface area contributed by atoms with Gasteiger partial charge in [0, 0.05) is 16.8 Å². The summed E-state index contributed by atoms with van der Waals surface area (Å²) in [5, 5.41) is 9.80. The van der Waals surface area contributed by atoms with Crippen molar-refractivity contribution in [2.75, 3.05) is 12.3 Å². The Kier molecular flexibility index (Phi) is 8.06. The lowest BCUT2D eigenvalue weighted by molar-refractivity contribution is 0.304. The Bertz CT molecular complexity index is 1020. The standard InChI is InChI=1S/C27H31N3O/c1-3-4-5-6-7-11-18-31-23-16-14-22(15-17-23)26-24(19-28)27(29)30-20(2)25(26)21-12-9-8-10-13-21/h8-10,12-17H,3-7,11,18H2,1-2H3,(H2,29,30). The smallest absolute Gasteiger partial charge is 0.142 e. The van der Waals surface area contributed by atoms with Crippen molar-refractivity contribution in [3.63, 3.8) is 0 Å². The molecule has 0 aliphatic rings. The minimum atomic E-state index is 0.262. The van der Waals surface area contributed by atoms with Crippen LogP contribution in [0, 0.1) is 18.3 Å². The minimum Gasteiger partial charge on any atom is -0.494 e. The third kappa shape index (κ3) is 5.64. The van der Waals surface area contributed by atoms with Gasteiger partial charge in [-0.15, -0.1) is 0 Å². The van der Waals surface area contributed by atoms with Crippen LogP contribution in [0.15, 0.2) is 54.6 Å². The molecule has 0 fully saturated rings. The van der Waals surface area contributed by atoms with E-state index >= 15 is 0 Å². The lowest BCUT2D eigenvalue weighted by atomic mass is 9.90. The molecule has 0 amide bonds. The Hall–Kier alpha value is -3.32. The number of unbranched alkanes of at least 4 members (excludes halogenated alkanes) is 5. The SMILES string of the molecule is CCCCCCCCOc1ccc(-c2c(C#N)c(N)nc(C)c2-c2ccccc2)cc1. The Labute approximate surface area is 185 Å². The Morgan fingerprint density at radius 1 is 0.871 bits per heavy atom. The van der Waals surface area contributed by atoms with Crippen LogP contribution in [0.2, 0.25) is 0 Å². The summed E-state index contributed by atoms with van der Waals surface area (Å²) in [6.45, 7) is 4.89. The molecule has 4 heteroatoms. The molecule has 0 unspecified atom stereocenters. The van der Waals surface area contributed by atoms with Crippen LogP contribution in [0.25, 0.3) is 22.3 Å². The molecule has 0 saturated heterocycles. The van der Waals surface area contributed by atoms with E-state index in [-0.39, 0.29) is 5.82 Å². The second-order valence-corrected chi connectivity index (χ2v) is 7.83. The first-order valence-corrected chi connectivity index (χ1v) is 11.1. The van der Waals surface area contributed by atoms with Crippen LogP contribution in [-0.2, 0) is 0 Å². The molecule has 1 aromatic heterocycles. The molecular formula is C27H31N3O. The highest BCUT2D eigenvalue weighted by molar-refractivity contribution is 5.91. The molecule has 3 aromatic rings. The van der Waals surface area contributed by atoms with Crippen LogP contribution in [0.4, 0.5) is 5.82 Å². The summed E-state index contributed by atoms with van der Waals surface area (Å²) < 4.78 is 5.92. The number of ether oxygens (including phenoxy) is 1. The fraction of sp³-hybridized carbons (Fsp3) is 0.333. The number of hydrogen-bond donors (Lipinski definition) is 1. The summed E-state index contributed by atoms with van der Waals surface area (Å²) in [5.41, 5.74) is 11.0. The molecular weight excluding hydrogens is 382 g/mol. The van der Waals surface area contributed by atoms with Crippen molar-refractivity contribution in [1.82, 2.24) is 4.98 Å². The highest BCUT2D eigenvalue weighted by Crippen LogP contribution is 2.39. The lowest BCUT2D eigenvalue weighted by Gasteiger charge is -2.16. The molecule has 2 N–H and O–H groups in total. The van der Waals surface area contributed by atoms with Crippen LogP contribution in [0.5, 0.6) is 5.75 Å². The van der Waals surface area contributed by atoms with Crippen molar-refractivity contribution < 1.29 is 4.74 Å². The molecule has 0 atom stereocenters. The van der Waals surface area contributed by atoms with Gasteiger partial charge in [-0.05, 0) is 36.6 Å². The van der Waals surface area contributed by atoms with Gasteiger partial charge in [-0.25, -0.2) is 4.98 Å². The van der Waals surface area contributed by atoms with Gasteiger partial charge in [0.1, 0.15) is 23.2 Å². The van der Waals surface area contributed by atoms with Gasteiger partial charge in [-0.2, -0.15) is 5.26 Å². The zero-order chi connectivity index (χ0) is 22.1.